The Morgan fingerprint density at radius 2 is 2.35 bits per heavy atom. The summed E-state index contributed by atoms with van der Waals surface area (Å²) >= 11 is 0. The molecule has 92 valence electrons. The fourth-order valence-electron chi connectivity index (χ4n) is 2.03. The van der Waals surface area contributed by atoms with Crippen LogP contribution in [-0.4, -0.2) is 32.9 Å². The summed E-state index contributed by atoms with van der Waals surface area (Å²) in [4.78, 5) is 22.3. The van der Waals surface area contributed by atoms with Crippen LogP contribution in [0.3, 0.4) is 0 Å². The molecule has 0 radical (unpaired) electrons. The lowest BCUT2D eigenvalue weighted by molar-refractivity contribution is -0.122. The molecule has 0 aliphatic carbocycles. The van der Waals surface area contributed by atoms with Gasteiger partial charge in [-0.1, -0.05) is 6.92 Å². The Morgan fingerprint density at radius 1 is 1.65 bits per heavy atom. The molecule has 1 aromatic heterocycles. The van der Waals surface area contributed by atoms with Crippen molar-refractivity contribution in [1.82, 2.24) is 20.4 Å². The number of aromatic nitrogens is 2. The summed E-state index contributed by atoms with van der Waals surface area (Å²) in [6.07, 6.45) is 0.613. The van der Waals surface area contributed by atoms with Gasteiger partial charge in [0, 0.05) is 13.2 Å². The Morgan fingerprint density at radius 3 is 2.88 bits per heavy atom. The molecule has 2 amide bonds. The first-order valence-corrected chi connectivity index (χ1v) is 5.28. The Labute approximate surface area is 97.8 Å². The normalized spacial score (nSPS) is 27.9. The van der Waals surface area contributed by atoms with Crippen molar-refractivity contribution < 1.29 is 14.7 Å². The molecule has 7 heteroatoms. The molecule has 1 aliphatic heterocycles. The van der Waals surface area contributed by atoms with E-state index in [2.05, 4.69) is 15.7 Å². The van der Waals surface area contributed by atoms with Gasteiger partial charge in [-0.15, -0.1) is 0 Å². The molecular formula is C10H14N4O3. The smallest absolute Gasteiger partial charge is 0.404 e. The maximum Gasteiger partial charge on any atom is 0.404 e. The summed E-state index contributed by atoms with van der Waals surface area (Å²) in [5.74, 6) is -0.572. The molecule has 0 bridgehead atoms. The molecule has 1 aliphatic rings. The topological polar surface area (TPSA) is 96.3 Å². The van der Waals surface area contributed by atoms with E-state index in [9.17, 15) is 9.59 Å². The molecule has 1 aromatic rings. The fourth-order valence-corrected chi connectivity index (χ4v) is 2.03. The minimum atomic E-state index is -1.14. The van der Waals surface area contributed by atoms with Crippen molar-refractivity contribution >= 4 is 12.0 Å². The second-order valence-electron chi connectivity index (χ2n) is 4.16. The molecule has 17 heavy (non-hydrogen) atoms. The van der Waals surface area contributed by atoms with Crippen molar-refractivity contribution in [3.05, 3.63) is 18.0 Å². The summed E-state index contributed by atoms with van der Waals surface area (Å²) in [6.45, 7) is 1.69. The van der Waals surface area contributed by atoms with E-state index in [-0.39, 0.29) is 5.91 Å². The van der Waals surface area contributed by atoms with Crippen LogP contribution in [-0.2, 0) is 11.8 Å². The second kappa shape index (κ2) is 4.08. The van der Waals surface area contributed by atoms with E-state index < -0.39 is 24.1 Å². The summed E-state index contributed by atoms with van der Waals surface area (Å²) in [5.41, 5.74) is 0.656. The number of nitrogens with one attached hydrogen (secondary N) is 2. The van der Waals surface area contributed by atoms with Crippen LogP contribution in [0.4, 0.5) is 4.79 Å². The van der Waals surface area contributed by atoms with Gasteiger partial charge >= 0.3 is 6.09 Å². The monoisotopic (exact) mass is 238 g/mol. The van der Waals surface area contributed by atoms with Gasteiger partial charge in [-0.2, -0.15) is 5.10 Å². The second-order valence-corrected chi connectivity index (χ2v) is 4.16. The zero-order valence-corrected chi connectivity index (χ0v) is 9.54. The first-order chi connectivity index (χ1) is 7.99. The number of hydrogen-bond acceptors (Lipinski definition) is 3. The fraction of sp³-hybridized carbons (Fsp3) is 0.500. The lowest BCUT2D eigenvalue weighted by Crippen LogP contribution is -2.40. The van der Waals surface area contributed by atoms with Crippen molar-refractivity contribution in [2.24, 2.45) is 13.0 Å². The third-order valence-electron chi connectivity index (χ3n) is 2.95. The number of aryl methyl sites for hydroxylation is 1. The van der Waals surface area contributed by atoms with Gasteiger partial charge in [0.25, 0.3) is 0 Å². The zero-order chi connectivity index (χ0) is 12.6. The molecule has 1 fully saturated rings. The van der Waals surface area contributed by atoms with E-state index in [0.717, 1.165) is 0 Å². The average Bonchev–Trinajstić information content (AvgIpc) is 2.77. The predicted molar refractivity (Wildman–Crippen MR) is 58.2 cm³/mol. The van der Waals surface area contributed by atoms with E-state index in [0.29, 0.717) is 5.69 Å². The Kier molecular flexibility index (Phi) is 2.74. The molecule has 0 saturated carbocycles. The van der Waals surface area contributed by atoms with Crippen molar-refractivity contribution in [3.63, 3.8) is 0 Å². The highest BCUT2D eigenvalue weighted by Gasteiger charge is 2.42. The van der Waals surface area contributed by atoms with Crippen LogP contribution in [0.25, 0.3) is 0 Å². The van der Waals surface area contributed by atoms with Gasteiger partial charge in [-0.25, -0.2) is 4.79 Å². The number of hydrogen-bond donors (Lipinski definition) is 3. The number of carbonyl (C=O) groups is 2. The third-order valence-corrected chi connectivity index (χ3v) is 2.95. The summed E-state index contributed by atoms with van der Waals surface area (Å²) in [5, 5.41) is 18.1. The van der Waals surface area contributed by atoms with Crippen LogP contribution >= 0.6 is 0 Å². The molecule has 3 N–H and O–H groups in total. The molecule has 2 heterocycles. The largest absolute Gasteiger partial charge is 0.465 e. The minimum absolute atomic E-state index is 0.167. The number of carboxylic acid groups (broad SMARTS) is 1. The average molecular weight is 238 g/mol. The molecule has 0 aromatic carbocycles. The highest BCUT2D eigenvalue weighted by Crippen LogP contribution is 2.27. The predicted octanol–water partition coefficient (Wildman–Crippen LogP) is -0.137. The molecule has 3 atom stereocenters. The van der Waals surface area contributed by atoms with Crippen molar-refractivity contribution in [3.8, 4) is 0 Å². The van der Waals surface area contributed by atoms with E-state index in [1.807, 2.05) is 0 Å². The van der Waals surface area contributed by atoms with Gasteiger partial charge in [-0.05, 0) is 6.07 Å². The minimum Gasteiger partial charge on any atom is -0.465 e. The lowest BCUT2D eigenvalue weighted by atomic mass is 9.98. The number of amides is 2. The highest BCUT2D eigenvalue weighted by atomic mass is 16.4. The van der Waals surface area contributed by atoms with Crippen LogP contribution in [0.5, 0.6) is 0 Å². The van der Waals surface area contributed by atoms with Crippen LogP contribution in [0, 0.1) is 5.92 Å². The van der Waals surface area contributed by atoms with Gasteiger partial charge in [0.2, 0.25) is 5.91 Å². The van der Waals surface area contributed by atoms with Crippen molar-refractivity contribution in [2.45, 2.75) is 19.0 Å². The van der Waals surface area contributed by atoms with Gasteiger partial charge in [0.1, 0.15) is 0 Å². The third kappa shape index (κ3) is 2.08. The first-order valence-electron chi connectivity index (χ1n) is 5.28. The molecule has 7 nitrogen and oxygen atoms in total. The zero-order valence-electron chi connectivity index (χ0n) is 9.54. The summed E-state index contributed by atoms with van der Waals surface area (Å²) < 4.78 is 1.61. The number of rotatable bonds is 2. The first kappa shape index (κ1) is 11.4. The van der Waals surface area contributed by atoms with Gasteiger partial charge in [-0.3, -0.25) is 9.48 Å². The molecule has 1 saturated heterocycles. The quantitative estimate of drug-likeness (QED) is 0.668. The van der Waals surface area contributed by atoms with E-state index in [1.54, 1.807) is 30.9 Å². The van der Waals surface area contributed by atoms with Crippen LogP contribution < -0.4 is 10.6 Å². The van der Waals surface area contributed by atoms with Crippen molar-refractivity contribution in [2.75, 3.05) is 0 Å². The van der Waals surface area contributed by atoms with Crippen LogP contribution in [0.2, 0.25) is 0 Å². The van der Waals surface area contributed by atoms with Gasteiger partial charge in [0.05, 0.1) is 23.7 Å². The Balaban J connectivity index is 2.25. The number of nitrogens with zero attached hydrogens (tertiary/aromatic N) is 2. The van der Waals surface area contributed by atoms with Crippen LogP contribution in [0.1, 0.15) is 18.7 Å². The lowest BCUT2D eigenvalue weighted by Gasteiger charge is -2.19. The van der Waals surface area contributed by atoms with Crippen LogP contribution in [0.15, 0.2) is 12.3 Å². The van der Waals surface area contributed by atoms with E-state index >= 15 is 0 Å². The number of carbonyl (C=O) groups excluding carboxylic acids is 1. The maximum atomic E-state index is 11.6. The molecular weight excluding hydrogens is 224 g/mol. The summed E-state index contributed by atoms with van der Waals surface area (Å²) in [6, 6.07) is 0.865. The Hall–Kier alpha value is -2.05. The van der Waals surface area contributed by atoms with E-state index in [1.165, 1.54) is 0 Å². The SMILES string of the molecule is CC1C(=O)NC(c2ccn(C)n2)C1NC(=O)O. The molecule has 0 spiro atoms. The van der Waals surface area contributed by atoms with Gasteiger partial charge < -0.3 is 15.7 Å². The maximum absolute atomic E-state index is 11.6. The standard InChI is InChI=1S/C10H14N4O3/c1-5-7(12-10(16)17)8(11-9(5)15)6-3-4-14(2)13-6/h3-5,7-8,12H,1-2H3,(H,11,15)(H,16,17). The summed E-state index contributed by atoms with van der Waals surface area (Å²) in [7, 11) is 1.77. The Bertz CT molecular complexity index is 456. The van der Waals surface area contributed by atoms with Crippen molar-refractivity contribution in [1.29, 1.82) is 0 Å². The van der Waals surface area contributed by atoms with E-state index in [4.69, 9.17) is 5.11 Å². The molecule has 3 unspecified atom stereocenters. The molecule has 2 rings (SSSR count). The highest BCUT2D eigenvalue weighted by molar-refractivity contribution is 5.83. The van der Waals surface area contributed by atoms with Gasteiger partial charge in [0.15, 0.2) is 0 Å².